The molecule has 0 amide bonds. The van der Waals surface area contributed by atoms with E-state index >= 15 is 0 Å². The fourth-order valence-corrected chi connectivity index (χ4v) is 4.76. The molecule has 0 aromatic carbocycles. The third kappa shape index (κ3) is 2.90. The summed E-state index contributed by atoms with van der Waals surface area (Å²) < 4.78 is 16.9. The number of hydrogen-bond acceptors (Lipinski definition) is 5. The van der Waals surface area contributed by atoms with E-state index in [0.29, 0.717) is 23.7 Å². The molecule has 3 unspecified atom stereocenters. The van der Waals surface area contributed by atoms with Crippen LogP contribution >= 0.6 is 24.1 Å². The zero-order valence-electron chi connectivity index (χ0n) is 10.2. The van der Waals surface area contributed by atoms with Crippen molar-refractivity contribution in [1.29, 1.82) is 0 Å². The maximum atomic E-state index is 5.77. The summed E-state index contributed by atoms with van der Waals surface area (Å²) in [7, 11) is 0. The third-order valence-electron chi connectivity index (χ3n) is 3.60. The van der Waals surface area contributed by atoms with Crippen LogP contribution in [-0.4, -0.2) is 30.8 Å². The van der Waals surface area contributed by atoms with Gasteiger partial charge in [-0.2, -0.15) is 0 Å². The highest BCUT2D eigenvalue weighted by molar-refractivity contribution is 7.96. The van der Waals surface area contributed by atoms with Crippen LogP contribution in [0.5, 0.6) is 0 Å². The van der Waals surface area contributed by atoms with E-state index in [4.69, 9.17) is 13.1 Å². The Bertz CT molecular complexity index is 337. The molecule has 0 aromatic heterocycles. The molecule has 5 heteroatoms. The van der Waals surface area contributed by atoms with Gasteiger partial charge >= 0.3 is 0 Å². The molecule has 3 heterocycles. The topological polar surface area (TPSA) is 27.7 Å². The van der Waals surface area contributed by atoms with Gasteiger partial charge in [-0.15, -0.1) is 0 Å². The van der Waals surface area contributed by atoms with Crippen LogP contribution in [0.4, 0.5) is 0 Å². The minimum Gasteiger partial charge on any atom is -0.493 e. The smallest absolute Gasteiger partial charge is 0.106 e. The van der Waals surface area contributed by atoms with Gasteiger partial charge < -0.3 is 13.1 Å². The Morgan fingerprint density at radius 3 is 3.06 bits per heavy atom. The van der Waals surface area contributed by atoms with Gasteiger partial charge in [-0.1, -0.05) is 6.08 Å². The van der Waals surface area contributed by atoms with Crippen molar-refractivity contribution in [3.05, 3.63) is 24.0 Å². The number of hydrogen-bond donors (Lipinski definition) is 0. The van der Waals surface area contributed by atoms with Crippen LogP contribution in [0.15, 0.2) is 24.0 Å². The molecule has 0 aliphatic carbocycles. The summed E-state index contributed by atoms with van der Waals surface area (Å²) >= 11 is 3.26. The maximum absolute atomic E-state index is 5.77. The van der Waals surface area contributed by atoms with E-state index in [1.807, 2.05) is 6.08 Å². The Morgan fingerprint density at radius 2 is 2.28 bits per heavy atom. The lowest BCUT2D eigenvalue weighted by molar-refractivity contribution is 0.128. The zero-order valence-corrected chi connectivity index (χ0v) is 11.9. The molecule has 3 rings (SSSR count). The van der Waals surface area contributed by atoms with Crippen molar-refractivity contribution < 1.29 is 13.1 Å². The summed E-state index contributed by atoms with van der Waals surface area (Å²) in [5, 5.41) is 0.579. The lowest BCUT2D eigenvalue weighted by Crippen LogP contribution is -2.37. The van der Waals surface area contributed by atoms with Crippen molar-refractivity contribution in [3.63, 3.8) is 0 Å². The quantitative estimate of drug-likeness (QED) is 0.727. The lowest BCUT2D eigenvalue weighted by Gasteiger charge is -2.38. The first-order valence-electron chi connectivity index (χ1n) is 6.47. The highest BCUT2D eigenvalue weighted by Crippen LogP contribution is 2.41. The second-order valence-electron chi connectivity index (χ2n) is 4.75. The van der Waals surface area contributed by atoms with E-state index in [0.717, 1.165) is 24.7 Å². The predicted octanol–water partition coefficient (Wildman–Crippen LogP) is 3.19. The fraction of sp³-hybridized carbons (Fsp3) is 0.692. The molecule has 3 nitrogen and oxygen atoms in total. The maximum Gasteiger partial charge on any atom is 0.106 e. The highest BCUT2D eigenvalue weighted by atomic mass is 32.2. The molecule has 2 saturated heterocycles. The van der Waals surface area contributed by atoms with Crippen molar-refractivity contribution in [3.8, 4) is 0 Å². The van der Waals surface area contributed by atoms with E-state index in [-0.39, 0.29) is 0 Å². The number of allylic oxidation sites excluding steroid dienone is 2. The van der Waals surface area contributed by atoms with Crippen molar-refractivity contribution in [1.82, 2.24) is 0 Å². The van der Waals surface area contributed by atoms with Crippen LogP contribution in [0.3, 0.4) is 0 Å². The molecule has 0 bridgehead atoms. The molecule has 0 N–H and O–H groups in total. The van der Waals surface area contributed by atoms with Crippen LogP contribution in [0, 0.1) is 11.8 Å². The van der Waals surface area contributed by atoms with Crippen LogP contribution in [0.1, 0.15) is 12.8 Å². The van der Waals surface area contributed by atoms with Gasteiger partial charge in [0, 0.05) is 16.9 Å². The summed E-state index contributed by atoms with van der Waals surface area (Å²) in [6, 6.07) is 0. The van der Waals surface area contributed by atoms with Gasteiger partial charge in [0.25, 0.3) is 0 Å². The summed E-state index contributed by atoms with van der Waals surface area (Å²) in [5.74, 6) is 3.10. The summed E-state index contributed by atoms with van der Waals surface area (Å²) in [4.78, 5) is 0. The second-order valence-corrected chi connectivity index (χ2v) is 6.58. The largest absolute Gasteiger partial charge is 0.493 e. The van der Waals surface area contributed by atoms with Gasteiger partial charge in [0.05, 0.1) is 13.2 Å². The standard InChI is InChI=1S/C13H18O3S2/c1-2-6-14-12(4-1)10-8-16-17-9-11(10)13-5-3-7-15-18-13/h1-2,4,10-11,13H,3,5-9H2. The summed E-state index contributed by atoms with van der Waals surface area (Å²) in [6.45, 7) is 2.34. The van der Waals surface area contributed by atoms with Gasteiger partial charge in [-0.05, 0) is 55.0 Å². The van der Waals surface area contributed by atoms with Crippen LogP contribution < -0.4 is 0 Å². The Balaban J connectivity index is 1.72. The summed E-state index contributed by atoms with van der Waals surface area (Å²) in [6.07, 6.45) is 8.63. The Hall–Kier alpha value is -0.100. The number of ether oxygens (including phenoxy) is 1. The lowest BCUT2D eigenvalue weighted by atomic mass is 9.87. The second kappa shape index (κ2) is 6.37. The molecule has 0 radical (unpaired) electrons. The minimum atomic E-state index is 0.385. The van der Waals surface area contributed by atoms with Gasteiger partial charge in [0.1, 0.15) is 12.4 Å². The SMILES string of the molecule is C1=CCOC(C2COSCC2C2CCCOS2)=C1. The van der Waals surface area contributed by atoms with Gasteiger partial charge in [-0.3, -0.25) is 0 Å². The first kappa shape index (κ1) is 12.9. The molecule has 0 saturated carbocycles. The normalized spacial score (nSPS) is 36.9. The Morgan fingerprint density at radius 1 is 1.28 bits per heavy atom. The first-order valence-corrected chi connectivity index (χ1v) is 8.19. The molecule has 3 atom stereocenters. The first-order chi connectivity index (χ1) is 8.95. The molecule has 0 aromatic rings. The molecule has 100 valence electrons. The minimum absolute atomic E-state index is 0.385. The van der Waals surface area contributed by atoms with E-state index in [1.54, 1.807) is 24.1 Å². The monoisotopic (exact) mass is 286 g/mol. The van der Waals surface area contributed by atoms with Crippen molar-refractivity contribution in [2.75, 3.05) is 25.6 Å². The average molecular weight is 286 g/mol. The molecule has 0 spiro atoms. The molecule has 3 aliphatic heterocycles. The van der Waals surface area contributed by atoms with E-state index < -0.39 is 0 Å². The predicted molar refractivity (Wildman–Crippen MR) is 75.1 cm³/mol. The number of rotatable bonds is 2. The van der Waals surface area contributed by atoms with Crippen molar-refractivity contribution in [2.45, 2.75) is 18.1 Å². The molecule has 18 heavy (non-hydrogen) atoms. The summed E-state index contributed by atoms with van der Waals surface area (Å²) in [5.41, 5.74) is 0. The van der Waals surface area contributed by atoms with Crippen LogP contribution in [-0.2, 0) is 13.1 Å². The molecular weight excluding hydrogens is 268 g/mol. The van der Waals surface area contributed by atoms with Gasteiger partial charge in [0.2, 0.25) is 0 Å². The van der Waals surface area contributed by atoms with Gasteiger partial charge in [0.15, 0.2) is 0 Å². The fourth-order valence-electron chi connectivity index (χ4n) is 2.60. The Labute approximate surface area is 117 Å². The highest BCUT2D eigenvalue weighted by Gasteiger charge is 2.37. The molecule has 3 aliphatic rings. The van der Waals surface area contributed by atoms with E-state index in [2.05, 4.69) is 12.2 Å². The average Bonchev–Trinajstić information content (AvgIpc) is 2.49. The van der Waals surface area contributed by atoms with E-state index in [1.165, 1.54) is 12.8 Å². The van der Waals surface area contributed by atoms with Crippen LogP contribution in [0.25, 0.3) is 0 Å². The zero-order chi connectivity index (χ0) is 12.2. The molecule has 2 fully saturated rings. The Kier molecular flexibility index (Phi) is 4.57. The van der Waals surface area contributed by atoms with Crippen molar-refractivity contribution >= 4 is 24.1 Å². The van der Waals surface area contributed by atoms with Crippen molar-refractivity contribution in [2.24, 2.45) is 11.8 Å². The third-order valence-corrected chi connectivity index (χ3v) is 5.56. The van der Waals surface area contributed by atoms with E-state index in [9.17, 15) is 0 Å². The van der Waals surface area contributed by atoms with Gasteiger partial charge in [-0.25, -0.2) is 0 Å². The van der Waals surface area contributed by atoms with Crippen LogP contribution in [0.2, 0.25) is 0 Å². The molecular formula is C13H18O3S2.